The van der Waals surface area contributed by atoms with E-state index in [1.807, 2.05) is 0 Å². The lowest BCUT2D eigenvalue weighted by Crippen LogP contribution is -2.49. The van der Waals surface area contributed by atoms with E-state index >= 15 is 0 Å². The van der Waals surface area contributed by atoms with Crippen molar-refractivity contribution in [3.8, 4) is 0 Å². The molecule has 3 heteroatoms. The summed E-state index contributed by atoms with van der Waals surface area (Å²) in [7, 11) is -0.928. The maximum Gasteiger partial charge on any atom is 0.193 e. The molecule has 1 saturated heterocycles. The lowest BCUT2D eigenvalue weighted by Gasteiger charge is -2.32. The van der Waals surface area contributed by atoms with Gasteiger partial charge in [-0.15, -0.1) is 0 Å². The first-order chi connectivity index (χ1) is 6.25. The van der Waals surface area contributed by atoms with Gasteiger partial charge in [-0.05, 0) is 24.9 Å². The molecule has 0 spiro atoms. The minimum atomic E-state index is -0.928. The lowest BCUT2D eigenvalue weighted by molar-refractivity contribution is 0.266. The molecule has 2 unspecified atom stereocenters. The Balaban J connectivity index is 2.41. The number of hydrogen-bond donors (Lipinski definition) is 1. The van der Waals surface area contributed by atoms with Crippen molar-refractivity contribution in [1.82, 2.24) is 5.32 Å². The highest BCUT2D eigenvalue weighted by atomic mass is 28.3. The highest BCUT2D eigenvalue weighted by Crippen LogP contribution is 2.17. The van der Waals surface area contributed by atoms with Crippen LogP contribution in [0.3, 0.4) is 0 Å². The van der Waals surface area contributed by atoms with Gasteiger partial charge in [0.05, 0.1) is 0 Å². The van der Waals surface area contributed by atoms with Crippen molar-refractivity contribution < 1.29 is 4.43 Å². The van der Waals surface area contributed by atoms with Gasteiger partial charge >= 0.3 is 0 Å². The summed E-state index contributed by atoms with van der Waals surface area (Å²) >= 11 is 0. The highest BCUT2D eigenvalue weighted by Gasteiger charge is 2.28. The Hall–Kier alpha value is 0.137. The van der Waals surface area contributed by atoms with Gasteiger partial charge in [0.25, 0.3) is 0 Å². The van der Waals surface area contributed by atoms with Crippen LogP contribution in [0.5, 0.6) is 0 Å². The molecule has 2 atom stereocenters. The zero-order valence-corrected chi connectivity index (χ0v) is 10.3. The lowest BCUT2D eigenvalue weighted by atomic mass is 10.2. The van der Waals surface area contributed by atoms with Crippen LogP contribution in [0.25, 0.3) is 0 Å². The third-order valence-electron chi connectivity index (χ3n) is 2.77. The molecule has 0 amide bonds. The second kappa shape index (κ2) is 5.78. The molecule has 0 bridgehead atoms. The van der Waals surface area contributed by atoms with Gasteiger partial charge in [0.1, 0.15) is 0 Å². The molecule has 1 heterocycles. The molecule has 2 nitrogen and oxygen atoms in total. The zero-order valence-electron chi connectivity index (χ0n) is 9.18. The Labute approximate surface area is 83.8 Å². The predicted octanol–water partition coefficient (Wildman–Crippen LogP) is 1.69. The summed E-state index contributed by atoms with van der Waals surface area (Å²) < 4.78 is 5.93. The Bertz CT molecular complexity index is 135. The van der Waals surface area contributed by atoms with Crippen LogP contribution in [0.15, 0.2) is 0 Å². The summed E-state index contributed by atoms with van der Waals surface area (Å²) in [4.78, 5) is 0. The van der Waals surface area contributed by atoms with Crippen LogP contribution in [0.1, 0.15) is 33.6 Å². The third-order valence-corrected chi connectivity index (χ3v) is 6.22. The van der Waals surface area contributed by atoms with Crippen molar-refractivity contribution in [2.45, 2.75) is 45.3 Å². The Kier molecular flexibility index (Phi) is 4.99. The van der Waals surface area contributed by atoms with Gasteiger partial charge < -0.3 is 9.74 Å². The summed E-state index contributed by atoms with van der Waals surface area (Å²) in [5, 5.41) is 3.59. The maximum absolute atomic E-state index is 5.93. The van der Waals surface area contributed by atoms with E-state index in [0.29, 0.717) is 5.67 Å². The van der Waals surface area contributed by atoms with E-state index in [1.165, 1.54) is 18.9 Å². The molecular weight excluding hydrogens is 178 g/mol. The Morgan fingerprint density at radius 2 is 2.15 bits per heavy atom. The monoisotopic (exact) mass is 201 g/mol. The van der Waals surface area contributed by atoms with Crippen LogP contribution in [-0.4, -0.2) is 27.9 Å². The molecule has 78 valence electrons. The standard InChI is InChI=1S/C10H23NOSi/c1-4-11-10(9(2)3)13-8-6-5-7-12-13/h9-11,13H,4-8H2,1-3H3. The summed E-state index contributed by atoms with van der Waals surface area (Å²) in [6.45, 7) is 8.89. The second-order valence-electron chi connectivity index (χ2n) is 4.23. The van der Waals surface area contributed by atoms with Gasteiger partial charge in [0.15, 0.2) is 9.04 Å². The average molecular weight is 201 g/mol. The maximum atomic E-state index is 5.93. The molecule has 0 aliphatic carbocycles. The summed E-state index contributed by atoms with van der Waals surface area (Å²) in [6.07, 6.45) is 2.67. The van der Waals surface area contributed by atoms with E-state index < -0.39 is 9.04 Å². The summed E-state index contributed by atoms with van der Waals surface area (Å²) in [5.74, 6) is 0.731. The van der Waals surface area contributed by atoms with Gasteiger partial charge in [-0.25, -0.2) is 0 Å². The van der Waals surface area contributed by atoms with Gasteiger partial charge in [0, 0.05) is 12.3 Å². The fraction of sp³-hybridized carbons (Fsp3) is 1.00. The minimum absolute atomic E-state index is 0.685. The van der Waals surface area contributed by atoms with Gasteiger partial charge in [-0.1, -0.05) is 27.2 Å². The van der Waals surface area contributed by atoms with E-state index in [9.17, 15) is 0 Å². The first kappa shape index (κ1) is 11.2. The molecule has 1 N–H and O–H groups in total. The first-order valence-electron chi connectivity index (χ1n) is 5.60. The predicted molar refractivity (Wildman–Crippen MR) is 59.4 cm³/mol. The van der Waals surface area contributed by atoms with Crippen molar-refractivity contribution in [2.75, 3.05) is 13.2 Å². The van der Waals surface area contributed by atoms with Gasteiger partial charge in [-0.3, -0.25) is 0 Å². The molecule has 0 aromatic heterocycles. The van der Waals surface area contributed by atoms with E-state index in [0.717, 1.165) is 19.1 Å². The van der Waals surface area contributed by atoms with Crippen molar-refractivity contribution in [3.05, 3.63) is 0 Å². The molecule has 1 aliphatic rings. The molecule has 1 fully saturated rings. The average Bonchev–Trinajstić information content (AvgIpc) is 2.15. The fourth-order valence-corrected chi connectivity index (χ4v) is 5.33. The van der Waals surface area contributed by atoms with Crippen LogP contribution in [0.2, 0.25) is 6.04 Å². The largest absolute Gasteiger partial charge is 0.418 e. The normalized spacial score (nSPS) is 26.3. The number of nitrogens with one attached hydrogen (secondary N) is 1. The molecule has 1 rings (SSSR count). The van der Waals surface area contributed by atoms with Crippen molar-refractivity contribution in [2.24, 2.45) is 5.92 Å². The van der Waals surface area contributed by atoms with Gasteiger partial charge in [0.2, 0.25) is 0 Å². The third kappa shape index (κ3) is 3.41. The zero-order chi connectivity index (χ0) is 9.68. The van der Waals surface area contributed by atoms with E-state index in [1.54, 1.807) is 0 Å². The van der Waals surface area contributed by atoms with Crippen LogP contribution in [0.4, 0.5) is 0 Å². The second-order valence-corrected chi connectivity index (χ2v) is 6.94. The fourth-order valence-electron chi connectivity index (χ4n) is 2.08. The molecule has 1 aliphatic heterocycles. The summed E-state index contributed by atoms with van der Waals surface area (Å²) in [6, 6.07) is 1.37. The molecular formula is C10H23NOSi. The molecule has 0 aromatic carbocycles. The number of hydrogen-bond acceptors (Lipinski definition) is 2. The summed E-state index contributed by atoms with van der Waals surface area (Å²) in [5.41, 5.74) is 0.685. The molecule has 13 heavy (non-hydrogen) atoms. The molecule has 0 aromatic rings. The minimum Gasteiger partial charge on any atom is -0.418 e. The van der Waals surface area contributed by atoms with Crippen molar-refractivity contribution >= 4 is 9.04 Å². The molecule has 0 saturated carbocycles. The first-order valence-corrected chi connectivity index (χ1v) is 7.56. The highest BCUT2D eigenvalue weighted by molar-refractivity contribution is 6.54. The smallest absolute Gasteiger partial charge is 0.193 e. The topological polar surface area (TPSA) is 21.3 Å². The van der Waals surface area contributed by atoms with Gasteiger partial charge in [-0.2, -0.15) is 0 Å². The molecule has 0 radical (unpaired) electrons. The van der Waals surface area contributed by atoms with E-state index in [2.05, 4.69) is 26.1 Å². The Morgan fingerprint density at radius 3 is 2.62 bits per heavy atom. The van der Waals surface area contributed by atoms with E-state index in [4.69, 9.17) is 4.43 Å². The van der Waals surface area contributed by atoms with Crippen molar-refractivity contribution in [1.29, 1.82) is 0 Å². The van der Waals surface area contributed by atoms with E-state index in [-0.39, 0.29) is 0 Å². The quantitative estimate of drug-likeness (QED) is 0.699. The van der Waals surface area contributed by atoms with Crippen molar-refractivity contribution in [3.63, 3.8) is 0 Å². The van der Waals surface area contributed by atoms with Crippen LogP contribution >= 0.6 is 0 Å². The van der Waals surface area contributed by atoms with Crippen LogP contribution in [-0.2, 0) is 4.43 Å². The van der Waals surface area contributed by atoms with Crippen LogP contribution in [0, 0.1) is 5.92 Å². The Morgan fingerprint density at radius 1 is 1.38 bits per heavy atom. The van der Waals surface area contributed by atoms with Crippen LogP contribution < -0.4 is 5.32 Å². The number of rotatable bonds is 4. The SMILES string of the molecule is CCNC(C(C)C)[SiH]1CCCCO1.